The molecule has 5 heteroatoms. The molecule has 2 N–H and O–H groups in total. The molecule has 0 aliphatic heterocycles. The predicted octanol–water partition coefficient (Wildman–Crippen LogP) is 6.55. The Balaban J connectivity index is 1.57. The van der Waals surface area contributed by atoms with Crippen molar-refractivity contribution in [3.8, 4) is 5.75 Å². The van der Waals surface area contributed by atoms with Crippen molar-refractivity contribution >= 4 is 17.2 Å². The quantitative estimate of drug-likeness (QED) is 0.266. The zero-order chi connectivity index (χ0) is 27.3. The Hall–Kier alpha value is -4.09. The molecule has 0 bridgehead atoms. The molecule has 3 aromatic carbocycles. The van der Waals surface area contributed by atoms with Gasteiger partial charge in [-0.1, -0.05) is 91.0 Å². The molecule has 1 aliphatic rings. The molecule has 4 rings (SSSR count). The first-order valence-electron chi connectivity index (χ1n) is 13.7. The van der Waals surface area contributed by atoms with Crippen LogP contribution in [0.15, 0.2) is 109 Å². The van der Waals surface area contributed by atoms with Gasteiger partial charge in [-0.2, -0.15) is 0 Å². The van der Waals surface area contributed by atoms with E-state index in [2.05, 4.69) is 94.4 Å². The number of nitrogens with one attached hydrogen (secondary N) is 2. The fourth-order valence-corrected chi connectivity index (χ4v) is 4.58. The van der Waals surface area contributed by atoms with Crippen molar-refractivity contribution in [1.29, 1.82) is 0 Å². The number of amides is 2. The highest BCUT2D eigenvalue weighted by molar-refractivity contribution is 5.98. The number of urea groups is 1. The summed E-state index contributed by atoms with van der Waals surface area (Å²) in [6.07, 6.45) is 9.21. The molecule has 1 aliphatic carbocycles. The van der Waals surface area contributed by atoms with Gasteiger partial charge in [0.1, 0.15) is 12.4 Å². The maximum Gasteiger partial charge on any atom is 0.315 e. The lowest BCUT2D eigenvalue weighted by atomic mass is 9.88. The summed E-state index contributed by atoms with van der Waals surface area (Å²) in [5.74, 6) is 0.857. The van der Waals surface area contributed by atoms with Gasteiger partial charge >= 0.3 is 6.03 Å². The van der Waals surface area contributed by atoms with E-state index in [1.165, 1.54) is 5.57 Å². The summed E-state index contributed by atoms with van der Waals surface area (Å²) in [7, 11) is 4.08. The summed E-state index contributed by atoms with van der Waals surface area (Å²) in [4.78, 5) is 14.7. The van der Waals surface area contributed by atoms with Crippen molar-refractivity contribution in [2.75, 3.05) is 40.3 Å². The van der Waals surface area contributed by atoms with Crippen LogP contribution in [0.4, 0.5) is 4.79 Å². The van der Waals surface area contributed by atoms with Crippen molar-refractivity contribution < 1.29 is 9.53 Å². The number of rotatable bonds is 12. The highest BCUT2D eigenvalue weighted by atomic mass is 16.5. The Morgan fingerprint density at radius 3 is 2.13 bits per heavy atom. The van der Waals surface area contributed by atoms with Crippen LogP contribution in [0.25, 0.3) is 11.1 Å². The van der Waals surface area contributed by atoms with Crippen LogP contribution in [0.5, 0.6) is 5.75 Å². The molecule has 2 amide bonds. The Labute approximate surface area is 232 Å². The van der Waals surface area contributed by atoms with E-state index in [1.807, 2.05) is 38.4 Å². The molecule has 0 saturated carbocycles. The molecule has 0 fully saturated rings. The molecule has 0 heterocycles. The molecule has 0 aromatic heterocycles. The van der Waals surface area contributed by atoms with Gasteiger partial charge in [0.05, 0.1) is 0 Å². The van der Waals surface area contributed by atoms with Crippen LogP contribution in [0, 0.1) is 0 Å². The Morgan fingerprint density at radius 1 is 0.821 bits per heavy atom. The second kappa shape index (κ2) is 14.7. The number of carbonyl (C=O) groups excluding carboxylic acids is 1. The Kier molecular flexibility index (Phi) is 10.6. The molecule has 0 spiro atoms. The smallest absolute Gasteiger partial charge is 0.315 e. The summed E-state index contributed by atoms with van der Waals surface area (Å²) in [5.41, 5.74) is 6.88. The van der Waals surface area contributed by atoms with Gasteiger partial charge in [-0.3, -0.25) is 0 Å². The van der Waals surface area contributed by atoms with Crippen molar-refractivity contribution in [3.05, 3.63) is 125 Å². The van der Waals surface area contributed by atoms with Crippen molar-refractivity contribution in [3.63, 3.8) is 0 Å². The summed E-state index contributed by atoms with van der Waals surface area (Å²) < 4.78 is 5.94. The van der Waals surface area contributed by atoms with Crippen molar-refractivity contribution in [2.45, 2.75) is 19.3 Å². The second-order valence-electron chi connectivity index (χ2n) is 9.88. The molecule has 0 atom stereocenters. The third-order valence-electron chi connectivity index (χ3n) is 6.62. The third-order valence-corrected chi connectivity index (χ3v) is 6.62. The van der Waals surface area contributed by atoms with E-state index in [0.29, 0.717) is 26.1 Å². The molecular weight excluding hydrogens is 482 g/mol. The predicted molar refractivity (Wildman–Crippen MR) is 162 cm³/mol. The first kappa shape index (κ1) is 27.9. The van der Waals surface area contributed by atoms with Gasteiger partial charge in [-0.05, 0) is 78.9 Å². The number of allylic oxidation sites excluding steroid dienone is 2. The van der Waals surface area contributed by atoms with Crippen LogP contribution in [0.3, 0.4) is 0 Å². The molecule has 0 unspecified atom stereocenters. The van der Waals surface area contributed by atoms with E-state index in [-0.39, 0.29) is 6.03 Å². The maximum absolute atomic E-state index is 12.6. The van der Waals surface area contributed by atoms with Gasteiger partial charge in [-0.25, -0.2) is 4.79 Å². The molecule has 3 aromatic rings. The van der Waals surface area contributed by atoms with Crippen LogP contribution >= 0.6 is 0 Å². The minimum Gasteiger partial charge on any atom is -0.492 e. The topological polar surface area (TPSA) is 53.6 Å². The molecule has 0 saturated heterocycles. The third kappa shape index (κ3) is 8.72. The molecule has 39 heavy (non-hydrogen) atoms. The molecule has 202 valence electrons. The monoisotopic (exact) mass is 521 g/mol. The standard InChI is InChI=1S/C34H39N3O2/c1-37(2)24-25-39-31-20-18-30(19-21-31)33(29-16-10-5-11-17-29)32(28-14-8-4-9-15-28)22-23-35-34(38)36-26-27-12-6-3-7-13-27/h4-6,8-21H,3,7,22-26H2,1-2H3,(H2,35,36,38)/b33-32-. The van der Waals surface area contributed by atoms with E-state index in [0.717, 1.165) is 53.0 Å². The Bertz CT molecular complexity index is 1280. The Morgan fingerprint density at radius 2 is 1.49 bits per heavy atom. The van der Waals surface area contributed by atoms with Gasteiger partial charge in [0.25, 0.3) is 0 Å². The van der Waals surface area contributed by atoms with Crippen molar-refractivity contribution in [2.24, 2.45) is 0 Å². The SMILES string of the molecule is CN(C)CCOc1ccc(/C(=C(/CCNC(=O)NCC2=CCCC=C2)c2ccccc2)c2ccccc2)cc1. The van der Waals surface area contributed by atoms with Crippen molar-refractivity contribution in [1.82, 2.24) is 15.5 Å². The van der Waals surface area contributed by atoms with E-state index >= 15 is 0 Å². The molecule has 0 radical (unpaired) electrons. The lowest BCUT2D eigenvalue weighted by Gasteiger charge is -2.19. The number of likely N-dealkylation sites (N-methyl/N-ethyl adjacent to an activating group) is 1. The zero-order valence-electron chi connectivity index (χ0n) is 23.0. The summed E-state index contributed by atoms with van der Waals surface area (Å²) >= 11 is 0. The fourth-order valence-electron chi connectivity index (χ4n) is 4.58. The first-order valence-corrected chi connectivity index (χ1v) is 13.7. The minimum atomic E-state index is -0.150. The van der Waals surface area contributed by atoms with Crippen LogP contribution in [-0.4, -0.2) is 51.3 Å². The number of ether oxygens (including phenoxy) is 1. The number of hydrogen-bond donors (Lipinski definition) is 2. The summed E-state index contributed by atoms with van der Waals surface area (Å²) in [6.45, 7) is 2.57. The number of benzene rings is 3. The van der Waals surface area contributed by atoms with E-state index < -0.39 is 0 Å². The van der Waals surface area contributed by atoms with Gasteiger partial charge in [0.2, 0.25) is 0 Å². The molecular formula is C34H39N3O2. The zero-order valence-corrected chi connectivity index (χ0v) is 23.0. The normalized spacial score (nSPS) is 13.5. The fraction of sp³-hybridized carbons (Fsp3) is 0.265. The lowest BCUT2D eigenvalue weighted by molar-refractivity contribution is 0.242. The van der Waals surface area contributed by atoms with Gasteiger partial charge in [-0.15, -0.1) is 0 Å². The van der Waals surface area contributed by atoms with Crippen LogP contribution in [0.1, 0.15) is 36.0 Å². The first-order chi connectivity index (χ1) is 19.1. The lowest BCUT2D eigenvalue weighted by Crippen LogP contribution is -2.37. The minimum absolute atomic E-state index is 0.150. The van der Waals surface area contributed by atoms with Crippen LogP contribution < -0.4 is 15.4 Å². The summed E-state index contributed by atoms with van der Waals surface area (Å²) in [5, 5.41) is 6.05. The van der Waals surface area contributed by atoms with Gasteiger partial charge in [0.15, 0.2) is 0 Å². The van der Waals surface area contributed by atoms with E-state index in [9.17, 15) is 4.79 Å². The number of carbonyl (C=O) groups is 1. The van der Waals surface area contributed by atoms with Crippen LogP contribution in [0.2, 0.25) is 0 Å². The highest BCUT2D eigenvalue weighted by Gasteiger charge is 2.15. The number of nitrogens with zero attached hydrogens (tertiary/aromatic N) is 1. The largest absolute Gasteiger partial charge is 0.492 e. The van der Waals surface area contributed by atoms with Gasteiger partial charge < -0.3 is 20.3 Å². The second-order valence-corrected chi connectivity index (χ2v) is 9.88. The van der Waals surface area contributed by atoms with Gasteiger partial charge in [0, 0.05) is 19.6 Å². The van der Waals surface area contributed by atoms with E-state index in [1.54, 1.807) is 0 Å². The number of hydrogen-bond acceptors (Lipinski definition) is 3. The average Bonchev–Trinajstić information content (AvgIpc) is 2.97. The molecule has 5 nitrogen and oxygen atoms in total. The summed E-state index contributed by atoms with van der Waals surface area (Å²) in [6, 6.07) is 29.1. The average molecular weight is 522 g/mol. The van der Waals surface area contributed by atoms with Crippen LogP contribution in [-0.2, 0) is 0 Å². The van der Waals surface area contributed by atoms with E-state index in [4.69, 9.17) is 4.74 Å². The maximum atomic E-state index is 12.6. The highest BCUT2D eigenvalue weighted by Crippen LogP contribution is 2.35.